The first kappa shape index (κ1) is 19.5. The van der Waals surface area contributed by atoms with E-state index in [9.17, 15) is 9.59 Å². The van der Waals surface area contributed by atoms with E-state index in [-0.39, 0.29) is 17.8 Å². The minimum absolute atomic E-state index is 0.0420. The molecule has 5 nitrogen and oxygen atoms in total. The van der Waals surface area contributed by atoms with Crippen molar-refractivity contribution in [2.45, 2.75) is 39.0 Å². The minimum Gasteiger partial charge on any atom is -0.461 e. The maximum atomic E-state index is 12.1. The zero-order valence-corrected chi connectivity index (χ0v) is 14.7. The van der Waals surface area contributed by atoms with Crippen LogP contribution >= 0.6 is 11.6 Å². The van der Waals surface area contributed by atoms with Gasteiger partial charge in [0.2, 0.25) is 5.91 Å². The molecule has 1 aromatic rings. The fraction of sp³-hybridized carbons (Fsp3) is 0.529. The molecule has 1 atom stereocenters. The Bertz CT molecular complexity index is 494. The Kier molecular flexibility index (Phi) is 8.06. The lowest BCUT2D eigenvalue weighted by Crippen LogP contribution is -2.47. The highest BCUT2D eigenvalue weighted by molar-refractivity contribution is 6.27. The van der Waals surface area contributed by atoms with Crippen molar-refractivity contribution in [3.8, 4) is 0 Å². The summed E-state index contributed by atoms with van der Waals surface area (Å²) in [5.74, 6) is -0.146. The third-order valence-electron chi connectivity index (χ3n) is 3.42. The van der Waals surface area contributed by atoms with Gasteiger partial charge in [0, 0.05) is 25.7 Å². The van der Waals surface area contributed by atoms with Crippen LogP contribution in [0.5, 0.6) is 0 Å². The minimum atomic E-state index is -0.587. The molecule has 0 aliphatic heterocycles. The largest absolute Gasteiger partial charge is 0.461 e. The Morgan fingerprint density at radius 3 is 2.61 bits per heavy atom. The van der Waals surface area contributed by atoms with Crippen molar-refractivity contribution in [2.24, 2.45) is 0 Å². The van der Waals surface area contributed by atoms with Gasteiger partial charge in [0.1, 0.15) is 11.5 Å². The number of amides is 1. The summed E-state index contributed by atoms with van der Waals surface area (Å²) in [5, 5.41) is 3.28. The molecule has 0 unspecified atom stereocenters. The number of rotatable bonds is 10. The number of nitrogens with one attached hydrogen (secondary N) is 1. The molecule has 1 N–H and O–H groups in total. The molecule has 6 heteroatoms. The third kappa shape index (κ3) is 7.48. The van der Waals surface area contributed by atoms with Gasteiger partial charge in [-0.15, -0.1) is 11.6 Å². The van der Waals surface area contributed by atoms with E-state index in [4.69, 9.17) is 16.3 Å². The summed E-state index contributed by atoms with van der Waals surface area (Å²) in [7, 11) is 0. The lowest BCUT2D eigenvalue weighted by atomic mass is 10.1. The second kappa shape index (κ2) is 9.53. The molecular weight excluding hydrogens is 316 g/mol. The highest BCUT2D eigenvalue weighted by Gasteiger charge is 2.21. The molecular formula is C17H25ClN2O3. The molecule has 0 aliphatic carbocycles. The first-order valence-electron chi connectivity index (χ1n) is 7.60. The number of carbonyl (C=O) groups is 2. The number of hydrogen-bond donors (Lipinski definition) is 1. The van der Waals surface area contributed by atoms with Gasteiger partial charge in [0.25, 0.3) is 6.47 Å². The van der Waals surface area contributed by atoms with Crippen LogP contribution in [0.3, 0.4) is 0 Å². The fourth-order valence-electron chi connectivity index (χ4n) is 2.13. The predicted octanol–water partition coefficient (Wildman–Crippen LogP) is 2.18. The standard InChI is InChI=1S/C17H25ClN2O3/c1-14(19-12-17(2,3)23-13-21)10-20(16(22)9-18)11-15-7-5-4-6-8-15/h4-8,13-14,19H,9-12H2,1-3H3/t14-/m0/s1. The van der Waals surface area contributed by atoms with Crippen LogP contribution < -0.4 is 5.32 Å². The van der Waals surface area contributed by atoms with Crippen LogP contribution in [0, 0.1) is 0 Å². The molecule has 0 spiro atoms. The average molecular weight is 341 g/mol. The molecule has 0 heterocycles. The van der Waals surface area contributed by atoms with Gasteiger partial charge in [-0.2, -0.15) is 0 Å². The first-order chi connectivity index (χ1) is 10.9. The van der Waals surface area contributed by atoms with Crippen LogP contribution in [0.4, 0.5) is 0 Å². The predicted molar refractivity (Wildman–Crippen MR) is 91.3 cm³/mol. The summed E-state index contributed by atoms with van der Waals surface area (Å²) >= 11 is 5.72. The molecule has 0 aromatic heterocycles. The van der Waals surface area contributed by atoms with Gasteiger partial charge in [0.15, 0.2) is 0 Å². The molecule has 23 heavy (non-hydrogen) atoms. The Balaban J connectivity index is 2.59. The van der Waals surface area contributed by atoms with Crippen molar-refractivity contribution in [3.63, 3.8) is 0 Å². The van der Waals surface area contributed by atoms with Crippen molar-refractivity contribution in [1.82, 2.24) is 10.2 Å². The number of carbonyl (C=O) groups excluding carboxylic acids is 2. The average Bonchev–Trinajstić information content (AvgIpc) is 2.52. The molecule has 1 amide bonds. The van der Waals surface area contributed by atoms with E-state index in [1.54, 1.807) is 4.90 Å². The van der Waals surface area contributed by atoms with E-state index in [1.165, 1.54) is 0 Å². The lowest BCUT2D eigenvalue weighted by Gasteiger charge is -2.29. The summed E-state index contributed by atoms with van der Waals surface area (Å²) in [6.45, 7) is 7.63. The van der Waals surface area contributed by atoms with Gasteiger partial charge in [-0.1, -0.05) is 30.3 Å². The van der Waals surface area contributed by atoms with Gasteiger partial charge in [-0.25, -0.2) is 0 Å². The normalized spacial score (nSPS) is 12.5. The quantitative estimate of drug-likeness (QED) is 0.524. The van der Waals surface area contributed by atoms with Crippen molar-refractivity contribution in [2.75, 3.05) is 19.0 Å². The molecule has 0 aliphatic rings. The zero-order chi connectivity index (χ0) is 17.3. The second-order valence-corrected chi connectivity index (χ2v) is 6.42. The molecule has 0 bridgehead atoms. The Labute approximate surface area is 142 Å². The molecule has 0 saturated heterocycles. The number of ether oxygens (including phenoxy) is 1. The maximum absolute atomic E-state index is 12.1. The van der Waals surface area contributed by atoms with E-state index in [1.807, 2.05) is 51.1 Å². The van der Waals surface area contributed by atoms with Crippen LogP contribution in [-0.4, -0.2) is 47.9 Å². The van der Waals surface area contributed by atoms with Crippen molar-refractivity contribution in [3.05, 3.63) is 35.9 Å². The topological polar surface area (TPSA) is 58.6 Å². The lowest BCUT2D eigenvalue weighted by molar-refractivity contribution is -0.140. The number of nitrogens with zero attached hydrogens (tertiary/aromatic N) is 1. The molecule has 0 radical (unpaired) electrons. The van der Waals surface area contributed by atoms with Crippen LogP contribution in [0.15, 0.2) is 30.3 Å². The number of halogens is 1. The molecule has 0 saturated carbocycles. The van der Waals surface area contributed by atoms with E-state index in [0.717, 1.165) is 5.56 Å². The SMILES string of the molecule is C[C@@H](CN(Cc1ccccc1)C(=O)CCl)NCC(C)(C)OC=O. The van der Waals surface area contributed by atoms with Gasteiger partial charge >= 0.3 is 0 Å². The second-order valence-electron chi connectivity index (χ2n) is 6.15. The van der Waals surface area contributed by atoms with Crippen LogP contribution in [0.1, 0.15) is 26.3 Å². The Morgan fingerprint density at radius 1 is 1.39 bits per heavy atom. The molecule has 1 aromatic carbocycles. The first-order valence-corrected chi connectivity index (χ1v) is 8.14. The zero-order valence-electron chi connectivity index (χ0n) is 13.9. The van der Waals surface area contributed by atoms with Crippen molar-refractivity contribution < 1.29 is 14.3 Å². The number of hydrogen-bond acceptors (Lipinski definition) is 4. The van der Waals surface area contributed by atoms with Crippen LogP contribution in [0.25, 0.3) is 0 Å². The fourth-order valence-corrected chi connectivity index (χ4v) is 2.30. The third-order valence-corrected chi connectivity index (χ3v) is 3.65. The van der Waals surface area contributed by atoms with Gasteiger partial charge in [0.05, 0.1) is 0 Å². The smallest absolute Gasteiger partial charge is 0.293 e. The van der Waals surface area contributed by atoms with E-state index < -0.39 is 5.60 Å². The monoisotopic (exact) mass is 340 g/mol. The summed E-state index contributed by atoms with van der Waals surface area (Å²) in [4.78, 5) is 24.2. The highest BCUT2D eigenvalue weighted by Crippen LogP contribution is 2.09. The highest BCUT2D eigenvalue weighted by atomic mass is 35.5. The molecule has 1 rings (SSSR count). The van der Waals surface area contributed by atoms with Crippen LogP contribution in [0.2, 0.25) is 0 Å². The van der Waals surface area contributed by atoms with Crippen LogP contribution in [-0.2, 0) is 20.9 Å². The molecule has 0 fully saturated rings. The Morgan fingerprint density at radius 2 is 2.04 bits per heavy atom. The molecule has 128 valence electrons. The van der Waals surface area contributed by atoms with Gasteiger partial charge in [-0.3, -0.25) is 9.59 Å². The van der Waals surface area contributed by atoms with Gasteiger partial charge in [-0.05, 0) is 26.3 Å². The van der Waals surface area contributed by atoms with Crippen molar-refractivity contribution >= 4 is 24.0 Å². The summed E-state index contributed by atoms with van der Waals surface area (Å²) in [6.07, 6.45) is 0. The summed E-state index contributed by atoms with van der Waals surface area (Å²) < 4.78 is 5.00. The van der Waals surface area contributed by atoms with E-state index in [2.05, 4.69) is 5.32 Å². The number of benzene rings is 1. The van der Waals surface area contributed by atoms with Crippen molar-refractivity contribution in [1.29, 1.82) is 0 Å². The van der Waals surface area contributed by atoms with E-state index >= 15 is 0 Å². The van der Waals surface area contributed by atoms with Gasteiger partial charge < -0.3 is 15.0 Å². The Hall–Kier alpha value is -1.59. The maximum Gasteiger partial charge on any atom is 0.293 e. The summed E-state index contributed by atoms with van der Waals surface area (Å²) in [6, 6.07) is 9.83. The number of alkyl halides is 1. The van der Waals surface area contributed by atoms with E-state index in [0.29, 0.717) is 26.1 Å². The summed E-state index contributed by atoms with van der Waals surface area (Å²) in [5.41, 5.74) is 0.472.